The standard InChI is InChI=1S/C9H10BrN3O4S/c1-2-17-7(15)3-6(14)12-13-8(16)5-4-11-9(10)18-5/h4H,2-3H2,1H3,(H,12,14)(H,13,16). The molecule has 2 N–H and O–H groups in total. The Bertz CT molecular complexity index is 462. The third kappa shape index (κ3) is 4.80. The molecule has 1 aromatic rings. The number of esters is 1. The summed E-state index contributed by atoms with van der Waals surface area (Å²) in [7, 11) is 0. The number of nitrogens with one attached hydrogen (secondary N) is 2. The van der Waals surface area contributed by atoms with Crippen LogP contribution in [0.4, 0.5) is 0 Å². The second kappa shape index (κ2) is 7.07. The van der Waals surface area contributed by atoms with Crippen molar-refractivity contribution in [3.63, 3.8) is 0 Å². The Morgan fingerprint density at radius 1 is 1.44 bits per heavy atom. The average Bonchev–Trinajstić information content (AvgIpc) is 2.73. The van der Waals surface area contributed by atoms with E-state index in [0.29, 0.717) is 8.79 Å². The molecule has 0 aliphatic rings. The molecular weight excluding hydrogens is 326 g/mol. The fourth-order valence-electron chi connectivity index (χ4n) is 0.933. The predicted octanol–water partition coefficient (Wildman–Crippen LogP) is 0.620. The molecule has 0 saturated carbocycles. The van der Waals surface area contributed by atoms with Gasteiger partial charge in [0, 0.05) is 0 Å². The minimum atomic E-state index is -0.648. The summed E-state index contributed by atoms with van der Waals surface area (Å²) in [4.78, 5) is 37.8. The first-order valence-corrected chi connectivity index (χ1v) is 6.50. The van der Waals surface area contributed by atoms with Gasteiger partial charge in [0.25, 0.3) is 5.91 Å². The summed E-state index contributed by atoms with van der Waals surface area (Å²) in [6.45, 7) is 1.84. The normalized spacial score (nSPS) is 9.67. The first-order valence-electron chi connectivity index (χ1n) is 4.89. The van der Waals surface area contributed by atoms with Gasteiger partial charge in [0.05, 0.1) is 12.8 Å². The Labute approximate surface area is 115 Å². The van der Waals surface area contributed by atoms with Gasteiger partial charge in [-0.15, -0.1) is 11.3 Å². The molecule has 0 aromatic carbocycles. The van der Waals surface area contributed by atoms with E-state index in [1.165, 1.54) is 6.20 Å². The monoisotopic (exact) mass is 335 g/mol. The van der Waals surface area contributed by atoms with Crippen molar-refractivity contribution < 1.29 is 19.1 Å². The highest BCUT2D eigenvalue weighted by Gasteiger charge is 2.13. The molecule has 0 bridgehead atoms. The fourth-order valence-corrected chi connectivity index (χ4v) is 2.09. The van der Waals surface area contributed by atoms with E-state index in [-0.39, 0.29) is 6.61 Å². The van der Waals surface area contributed by atoms with Crippen LogP contribution < -0.4 is 10.9 Å². The Morgan fingerprint density at radius 2 is 2.17 bits per heavy atom. The van der Waals surface area contributed by atoms with Crippen LogP contribution in [0.25, 0.3) is 0 Å². The zero-order valence-corrected chi connectivity index (χ0v) is 11.8. The highest BCUT2D eigenvalue weighted by Crippen LogP contribution is 2.17. The van der Waals surface area contributed by atoms with Crippen LogP contribution in [0, 0.1) is 0 Å². The highest BCUT2D eigenvalue weighted by atomic mass is 79.9. The molecule has 1 heterocycles. The van der Waals surface area contributed by atoms with E-state index in [9.17, 15) is 14.4 Å². The SMILES string of the molecule is CCOC(=O)CC(=O)NNC(=O)c1cnc(Br)s1. The topological polar surface area (TPSA) is 97.4 Å². The van der Waals surface area contributed by atoms with E-state index in [2.05, 4.69) is 36.5 Å². The summed E-state index contributed by atoms with van der Waals surface area (Å²) >= 11 is 4.23. The Hall–Kier alpha value is -1.48. The molecule has 7 nitrogen and oxygen atoms in total. The molecular formula is C9H10BrN3O4S. The lowest BCUT2D eigenvalue weighted by atomic mass is 10.4. The van der Waals surface area contributed by atoms with Gasteiger partial charge in [-0.05, 0) is 22.9 Å². The van der Waals surface area contributed by atoms with Gasteiger partial charge in [0.15, 0.2) is 3.92 Å². The molecule has 1 aromatic heterocycles. The number of hydrogen-bond acceptors (Lipinski definition) is 6. The lowest BCUT2D eigenvalue weighted by Crippen LogP contribution is -2.42. The fraction of sp³-hybridized carbons (Fsp3) is 0.333. The summed E-state index contributed by atoms with van der Waals surface area (Å²) < 4.78 is 5.14. The first-order chi connectivity index (χ1) is 8.52. The van der Waals surface area contributed by atoms with Gasteiger partial charge in [0.2, 0.25) is 5.91 Å². The number of nitrogens with zero attached hydrogens (tertiary/aromatic N) is 1. The number of hydrogen-bond donors (Lipinski definition) is 2. The number of carbonyl (C=O) groups excluding carboxylic acids is 3. The van der Waals surface area contributed by atoms with Gasteiger partial charge in [-0.2, -0.15) is 0 Å². The molecule has 0 aliphatic carbocycles. The molecule has 2 amide bonds. The van der Waals surface area contributed by atoms with E-state index < -0.39 is 24.2 Å². The van der Waals surface area contributed by atoms with E-state index in [0.717, 1.165) is 11.3 Å². The van der Waals surface area contributed by atoms with Crippen LogP contribution in [0.1, 0.15) is 23.0 Å². The van der Waals surface area contributed by atoms with Crippen molar-refractivity contribution in [1.29, 1.82) is 0 Å². The van der Waals surface area contributed by atoms with Crippen molar-refractivity contribution in [3.8, 4) is 0 Å². The van der Waals surface area contributed by atoms with Crippen LogP contribution in [-0.4, -0.2) is 29.4 Å². The smallest absolute Gasteiger partial charge is 0.315 e. The van der Waals surface area contributed by atoms with Crippen molar-refractivity contribution in [2.75, 3.05) is 6.61 Å². The van der Waals surface area contributed by atoms with Crippen molar-refractivity contribution in [2.45, 2.75) is 13.3 Å². The lowest BCUT2D eigenvalue weighted by Gasteiger charge is -2.05. The maximum Gasteiger partial charge on any atom is 0.315 e. The largest absolute Gasteiger partial charge is 0.466 e. The van der Waals surface area contributed by atoms with E-state index in [4.69, 9.17) is 0 Å². The predicted molar refractivity (Wildman–Crippen MR) is 66.7 cm³/mol. The minimum Gasteiger partial charge on any atom is -0.466 e. The number of aromatic nitrogens is 1. The van der Waals surface area contributed by atoms with Crippen LogP contribution in [0.3, 0.4) is 0 Å². The Morgan fingerprint density at radius 3 is 2.72 bits per heavy atom. The van der Waals surface area contributed by atoms with Crippen molar-refractivity contribution in [3.05, 3.63) is 15.0 Å². The van der Waals surface area contributed by atoms with E-state index >= 15 is 0 Å². The third-order valence-electron chi connectivity index (χ3n) is 1.63. The molecule has 0 saturated heterocycles. The molecule has 0 unspecified atom stereocenters. The average molecular weight is 336 g/mol. The summed E-state index contributed by atoms with van der Waals surface area (Å²) in [5, 5.41) is 0. The molecule has 9 heteroatoms. The van der Waals surface area contributed by atoms with E-state index in [1.807, 2.05) is 0 Å². The second-order valence-corrected chi connectivity index (χ2v) is 5.27. The third-order valence-corrected chi connectivity index (χ3v) is 3.10. The van der Waals surface area contributed by atoms with Gasteiger partial charge >= 0.3 is 5.97 Å². The van der Waals surface area contributed by atoms with Gasteiger partial charge in [-0.25, -0.2) is 4.98 Å². The maximum absolute atomic E-state index is 11.5. The highest BCUT2D eigenvalue weighted by molar-refractivity contribution is 9.11. The number of amides is 2. The molecule has 1 rings (SSSR count). The second-order valence-electron chi connectivity index (χ2n) is 2.96. The van der Waals surface area contributed by atoms with Crippen LogP contribution >= 0.6 is 27.3 Å². The van der Waals surface area contributed by atoms with Gasteiger partial charge < -0.3 is 4.74 Å². The van der Waals surface area contributed by atoms with E-state index in [1.54, 1.807) is 6.92 Å². The molecule has 0 atom stereocenters. The number of carbonyl (C=O) groups is 3. The quantitative estimate of drug-likeness (QED) is 0.477. The Balaban J connectivity index is 2.34. The minimum absolute atomic E-state index is 0.202. The summed E-state index contributed by atoms with van der Waals surface area (Å²) in [5.41, 5.74) is 4.27. The molecule has 0 radical (unpaired) electrons. The molecule has 18 heavy (non-hydrogen) atoms. The summed E-state index contributed by atoms with van der Waals surface area (Å²) in [6, 6.07) is 0. The maximum atomic E-state index is 11.5. The zero-order valence-electron chi connectivity index (χ0n) is 9.36. The Kier molecular flexibility index (Phi) is 5.72. The molecule has 0 spiro atoms. The van der Waals surface area contributed by atoms with Gasteiger partial charge in [-0.1, -0.05) is 0 Å². The van der Waals surface area contributed by atoms with Crippen LogP contribution in [0.5, 0.6) is 0 Å². The first kappa shape index (κ1) is 14.6. The summed E-state index contributed by atoms with van der Waals surface area (Å²) in [5.74, 6) is -1.80. The van der Waals surface area contributed by atoms with Crippen molar-refractivity contribution in [2.24, 2.45) is 0 Å². The van der Waals surface area contributed by atoms with Crippen molar-refractivity contribution in [1.82, 2.24) is 15.8 Å². The van der Waals surface area contributed by atoms with Gasteiger partial charge in [0.1, 0.15) is 11.3 Å². The molecule has 98 valence electrons. The van der Waals surface area contributed by atoms with Crippen LogP contribution in [-0.2, 0) is 14.3 Å². The number of thiazole rings is 1. The zero-order chi connectivity index (χ0) is 13.5. The van der Waals surface area contributed by atoms with Crippen molar-refractivity contribution >= 4 is 45.1 Å². The molecule has 0 aliphatic heterocycles. The van der Waals surface area contributed by atoms with Crippen LogP contribution in [0.2, 0.25) is 0 Å². The number of hydrazine groups is 1. The molecule has 0 fully saturated rings. The number of rotatable bonds is 4. The number of halogens is 1. The lowest BCUT2D eigenvalue weighted by molar-refractivity contribution is -0.146. The van der Waals surface area contributed by atoms with Gasteiger partial charge in [-0.3, -0.25) is 25.2 Å². The van der Waals surface area contributed by atoms with Crippen LogP contribution in [0.15, 0.2) is 10.1 Å². The number of ether oxygens (including phenoxy) is 1. The summed E-state index contributed by atoms with van der Waals surface area (Å²) in [6.07, 6.45) is 0.919.